The molecule has 0 saturated heterocycles. The molecular formula is C25H25F2N3O4. The fourth-order valence-electron chi connectivity index (χ4n) is 4.61. The van der Waals surface area contributed by atoms with E-state index in [1.807, 2.05) is 11.9 Å². The molecule has 1 aliphatic heterocycles. The lowest BCUT2D eigenvalue weighted by atomic mass is 9.96. The predicted molar refractivity (Wildman–Crippen MR) is 122 cm³/mol. The first-order valence-corrected chi connectivity index (χ1v) is 11.1. The Hall–Kier alpha value is -3.75. The Morgan fingerprint density at radius 3 is 2.71 bits per heavy atom. The quantitative estimate of drug-likeness (QED) is 0.669. The van der Waals surface area contributed by atoms with E-state index in [2.05, 4.69) is 5.32 Å². The van der Waals surface area contributed by atoms with Gasteiger partial charge in [0, 0.05) is 48.7 Å². The number of urea groups is 1. The number of allylic oxidation sites excluding steroid dienone is 1. The van der Waals surface area contributed by atoms with Gasteiger partial charge in [-0.2, -0.15) is 0 Å². The van der Waals surface area contributed by atoms with Crippen LogP contribution in [0.2, 0.25) is 0 Å². The Morgan fingerprint density at radius 1 is 1.18 bits per heavy atom. The van der Waals surface area contributed by atoms with Crippen molar-refractivity contribution < 1.29 is 28.3 Å². The number of aliphatic carboxylic acids is 1. The number of anilines is 1. The van der Waals surface area contributed by atoms with Gasteiger partial charge >= 0.3 is 12.0 Å². The monoisotopic (exact) mass is 469 g/mol. The maximum absolute atomic E-state index is 14.4. The predicted octanol–water partition coefficient (Wildman–Crippen LogP) is 3.94. The van der Waals surface area contributed by atoms with Crippen molar-refractivity contribution in [2.24, 2.45) is 0 Å². The van der Waals surface area contributed by atoms with Gasteiger partial charge in [0.25, 0.3) is 0 Å². The Morgan fingerprint density at radius 2 is 1.97 bits per heavy atom. The van der Waals surface area contributed by atoms with Crippen molar-refractivity contribution in [3.63, 3.8) is 0 Å². The fourth-order valence-corrected chi connectivity index (χ4v) is 4.61. The molecule has 9 heteroatoms. The molecule has 0 unspecified atom stereocenters. The third-order valence-corrected chi connectivity index (χ3v) is 6.21. The molecule has 0 bridgehead atoms. The van der Waals surface area contributed by atoms with E-state index in [9.17, 15) is 23.2 Å². The molecule has 7 nitrogen and oxygen atoms in total. The van der Waals surface area contributed by atoms with Gasteiger partial charge in [0.15, 0.2) is 5.78 Å². The molecule has 2 aromatic carbocycles. The smallest absolute Gasteiger partial charge is 0.322 e. The number of carbonyl (C=O) groups is 3. The lowest BCUT2D eigenvalue weighted by Gasteiger charge is -2.38. The number of halogens is 2. The average Bonchev–Trinajstić information content (AvgIpc) is 3.28. The van der Waals surface area contributed by atoms with E-state index < -0.39 is 29.7 Å². The van der Waals surface area contributed by atoms with E-state index in [4.69, 9.17) is 5.11 Å². The molecule has 2 aromatic rings. The van der Waals surface area contributed by atoms with Crippen molar-refractivity contribution in [1.29, 1.82) is 0 Å². The number of carboxylic acid groups (broad SMARTS) is 1. The number of ketones is 1. The minimum absolute atomic E-state index is 0.109. The first kappa shape index (κ1) is 23.4. The van der Waals surface area contributed by atoms with E-state index in [0.717, 1.165) is 30.7 Å². The number of hydrogen-bond acceptors (Lipinski definition) is 4. The van der Waals surface area contributed by atoms with Crippen molar-refractivity contribution in [1.82, 2.24) is 10.2 Å². The molecular weight excluding hydrogens is 444 g/mol. The van der Waals surface area contributed by atoms with Crippen LogP contribution in [0.1, 0.15) is 25.7 Å². The summed E-state index contributed by atoms with van der Waals surface area (Å²) in [4.78, 5) is 40.8. The number of rotatable bonds is 6. The number of hydrogen-bond donors (Lipinski definition) is 2. The van der Waals surface area contributed by atoms with Crippen LogP contribution >= 0.6 is 0 Å². The summed E-state index contributed by atoms with van der Waals surface area (Å²) in [5.74, 6) is -2.65. The summed E-state index contributed by atoms with van der Waals surface area (Å²) < 4.78 is 27.8. The lowest BCUT2D eigenvalue weighted by molar-refractivity contribution is -0.136. The van der Waals surface area contributed by atoms with Crippen LogP contribution in [0, 0.1) is 11.6 Å². The second-order valence-electron chi connectivity index (χ2n) is 8.46. The van der Waals surface area contributed by atoms with Gasteiger partial charge in [-0.1, -0.05) is 12.1 Å². The molecule has 178 valence electrons. The van der Waals surface area contributed by atoms with E-state index in [-0.39, 0.29) is 30.9 Å². The van der Waals surface area contributed by atoms with Gasteiger partial charge in [0.05, 0.1) is 6.42 Å². The lowest BCUT2D eigenvalue weighted by Crippen LogP contribution is -2.56. The molecule has 4 rings (SSSR count). The summed E-state index contributed by atoms with van der Waals surface area (Å²) in [6, 6.07) is 8.26. The van der Waals surface area contributed by atoms with Crippen LogP contribution < -0.4 is 10.2 Å². The van der Waals surface area contributed by atoms with Gasteiger partial charge in [-0.15, -0.1) is 0 Å². The Kier molecular flexibility index (Phi) is 6.63. The van der Waals surface area contributed by atoms with Gasteiger partial charge < -0.3 is 15.3 Å². The maximum Gasteiger partial charge on any atom is 0.322 e. The van der Waals surface area contributed by atoms with Crippen LogP contribution in [-0.4, -0.2) is 54.0 Å². The molecule has 34 heavy (non-hydrogen) atoms. The zero-order valence-corrected chi connectivity index (χ0v) is 18.7. The van der Waals surface area contributed by atoms with Crippen LogP contribution in [0.5, 0.6) is 0 Å². The molecule has 0 aromatic heterocycles. The van der Waals surface area contributed by atoms with E-state index >= 15 is 0 Å². The summed E-state index contributed by atoms with van der Waals surface area (Å²) in [7, 11) is 1.88. The van der Waals surface area contributed by atoms with Crippen LogP contribution in [0.3, 0.4) is 0 Å². The second kappa shape index (κ2) is 9.62. The molecule has 0 saturated carbocycles. The topological polar surface area (TPSA) is 89.9 Å². The molecule has 2 N–H and O–H groups in total. The molecule has 0 radical (unpaired) electrons. The second-order valence-corrected chi connectivity index (χ2v) is 8.46. The normalized spacial score (nSPS) is 17.6. The summed E-state index contributed by atoms with van der Waals surface area (Å²) in [6.07, 6.45) is 2.06. The molecule has 0 spiro atoms. The standard InChI is InChI=1S/C25H25F2N3O4/c1-29-14-22(24(33)19-6-3-7-21(19)29)30(25(34)28-11-10-23(31)32)17-5-2-4-15(12-17)18-9-8-16(26)13-20(18)27/h2,4-5,8-9,12-13,22H,3,6-7,10-11,14H2,1H3,(H,28,34)(H,31,32)/t22-/m0/s1. The van der Waals surface area contributed by atoms with E-state index in [1.165, 1.54) is 11.0 Å². The van der Waals surface area contributed by atoms with E-state index in [1.54, 1.807) is 24.3 Å². The summed E-state index contributed by atoms with van der Waals surface area (Å²) in [5, 5.41) is 11.5. The average molecular weight is 469 g/mol. The number of amides is 2. The molecule has 1 atom stereocenters. The highest BCUT2D eigenvalue weighted by Crippen LogP contribution is 2.36. The highest BCUT2D eigenvalue weighted by molar-refractivity contribution is 6.09. The summed E-state index contributed by atoms with van der Waals surface area (Å²) >= 11 is 0. The van der Waals surface area contributed by atoms with Crippen LogP contribution in [-0.2, 0) is 9.59 Å². The van der Waals surface area contributed by atoms with Crippen LogP contribution in [0.25, 0.3) is 11.1 Å². The van der Waals surface area contributed by atoms with Crippen molar-refractivity contribution in [2.45, 2.75) is 31.7 Å². The number of carbonyl (C=O) groups excluding carboxylic acids is 2. The Bertz CT molecular complexity index is 1180. The number of nitrogens with zero attached hydrogens (tertiary/aromatic N) is 2. The zero-order valence-electron chi connectivity index (χ0n) is 18.7. The fraction of sp³-hybridized carbons (Fsp3) is 0.320. The number of benzene rings is 2. The molecule has 0 fully saturated rings. The molecule has 1 heterocycles. The highest BCUT2D eigenvalue weighted by Gasteiger charge is 2.40. The Labute approximate surface area is 195 Å². The summed E-state index contributed by atoms with van der Waals surface area (Å²) in [6.45, 7) is 0.167. The third kappa shape index (κ3) is 4.64. The van der Waals surface area contributed by atoms with Gasteiger partial charge in [-0.3, -0.25) is 14.5 Å². The van der Waals surface area contributed by atoms with Crippen molar-refractivity contribution in [3.8, 4) is 11.1 Å². The first-order valence-electron chi connectivity index (χ1n) is 11.1. The zero-order chi connectivity index (χ0) is 24.4. The largest absolute Gasteiger partial charge is 0.481 e. The highest BCUT2D eigenvalue weighted by atomic mass is 19.1. The van der Waals surface area contributed by atoms with Gasteiger partial charge in [0.1, 0.15) is 17.7 Å². The van der Waals surface area contributed by atoms with Crippen LogP contribution in [0.4, 0.5) is 19.3 Å². The van der Waals surface area contributed by atoms with Gasteiger partial charge in [0.2, 0.25) is 0 Å². The third-order valence-electron chi connectivity index (χ3n) is 6.21. The minimum atomic E-state index is -1.06. The first-order chi connectivity index (χ1) is 16.3. The molecule has 1 aliphatic carbocycles. The SMILES string of the molecule is CN1C[C@H](N(C(=O)NCCC(=O)O)c2cccc(-c3ccc(F)cc3F)c2)C(=O)C2=C1CCC2. The number of carboxylic acids is 1. The maximum atomic E-state index is 14.4. The Balaban J connectivity index is 1.72. The number of Topliss-reactive ketones (excluding diaryl/α,β-unsaturated/α-hetero) is 1. The van der Waals surface area contributed by atoms with Crippen LogP contribution in [0.15, 0.2) is 53.7 Å². The minimum Gasteiger partial charge on any atom is -0.481 e. The summed E-state index contributed by atoms with van der Waals surface area (Å²) in [5.41, 5.74) is 2.62. The number of likely N-dealkylation sites (N-methyl/N-ethyl adjacent to an activating group) is 1. The van der Waals surface area contributed by atoms with Gasteiger partial charge in [-0.05, 0) is 49.1 Å². The van der Waals surface area contributed by atoms with E-state index in [0.29, 0.717) is 23.2 Å². The molecule has 2 amide bonds. The van der Waals surface area contributed by atoms with Crippen molar-refractivity contribution >= 4 is 23.5 Å². The van der Waals surface area contributed by atoms with Crippen molar-refractivity contribution in [2.75, 3.05) is 25.0 Å². The van der Waals surface area contributed by atoms with Crippen molar-refractivity contribution in [3.05, 3.63) is 65.4 Å². The van der Waals surface area contributed by atoms with Gasteiger partial charge in [-0.25, -0.2) is 13.6 Å². The number of nitrogens with one attached hydrogen (secondary N) is 1. The molecule has 2 aliphatic rings.